The first kappa shape index (κ1) is 17.8. The summed E-state index contributed by atoms with van der Waals surface area (Å²) in [7, 11) is 0. The molecular formula is C16H31ClN2O. The lowest BCUT2D eigenvalue weighted by Gasteiger charge is -2.33. The Labute approximate surface area is 129 Å². The first-order valence-corrected chi connectivity index (χ1v) is 8.03. The van der Waals surface area contributed by atoms with E-state index >= 15 is 0 Å². The number of amides is 1. The largest absolute Gasteiger partial charge is 0.354 e. The highest BCUT2D eigenvalue weighted by molar-refractivity contribution is 5.86. The fourth-order valence-corrected chi connectivity index (χ4v) is 4.12. The van der Waals surface area contributed by atoms with Crippen molar-refractivity contribution in [1.82, 2.24) is 5.32 Å². The quantitative estimate of drug-likeness (QED) is 0.818. The van der Waals surface area contributed by atoms with E-state index in [2.05, 4.69) is 19.2 Å². The molecule has 0 radical (unpaired) electrons. The lowest BCUT2D eigenvalue weighted by atomic mass is 9.78. The zero-order valence-corrected chi connectivity index (χ0v) is 13.9. The van der Waals surface area contributed by atoms with E-state index in [9.17, 15) is 4.79 Å². The van der Waals surface area contributed by atoms with Gasteiger partial charge in [-0.3, -0.25) is 4.79 Å². The molecule has 2 fully saturated rings. The first-order valence-electron chi connectivity index (χ1n) is 8.03. The van der Waals surface area contributed by atoms with E-state index in [-0.39, 0.29) is 18.3 Å². The molecule has 0 unspecified atom stereocenters. The molecule has 0 heterocycles. The van der Waals surface area contributed by atoms with Crippen LogP contribution in [0.2, 0.25) is 0 Å². The SMILES string of the molecule is CC(C)CC1(CNC(=O)C2(N)CCCC2)CCCC1.Cl. The van der Waals surface area contributed by atoms with Crippen LogP contribution in [0.1, 0.15) is 71.6 Å². The number of hydrogen-bond acceptors (Lipinski definition) is 2. The molecule has 2 aliphatic rings. The van der Waals surface area contributed by atoms with Gasteiger partial charge in [-0.05, 0) is 43.4 Å². The maximum absolute atomic E-state index is 12.3. The van der Waals surface area contributed by atoms with Crippen molar-refractivity contribution in [3.63, 3.8) is 0 Å². The van der Waals surface area contributed by atoms with Gasteiger partial charge in [-0.25, -0.2) is 0 Å². The average molecular weight is 303 g/mol. The Morgan fingerprint density at radius 2 is 1.60 bits per heavy atom. The average Bonchev–Trinajstić information content (AvgIpc) is 2.96. The predicted octanol–water partition coefficient (Wildman–Crippen LogP) is 3.40. The Morgan fingerprint density at radius 1 is 1.10 bits per heavy atom. The molecule has 4 heteroatoms. The van der Waals surface area contributed by atoms with Gasteiger partial charge in [-0.1, -0.05) is 39.5 Å². The summed E-state index contributed by atoms with van der Waals surface area (Å²) in [6.45, 7) is 5.40. The molecule has 0 aromatic heterocycles. The molecule has 1 amide bonds. The number of halogens is 1. The highest BCUT2D eigenvalue weighted by atomic mass is 35.5. The number of carbonyl (C=O) groups excluding carboxylic acids is 1. The molecule has 0 aliphatic heterocycles. The van der Waals surface area contributed by atoms with Gasteiger partial charge in [0.2, 0.25) is 5.91 Å². The van der Waals surface area contributed by atoms with Crippen LogP contribution < -0.4 is 11.1 Å². The van der Waals surface area contributed by atoms with Crippen LogP contribution in [0.25, 0.3) is 0 Å². The molecule has 0 spiro atoms. The first-order chi connectivity index (χ1) is 8.96. The van der Waals surface area contributed by atoms with Gasteiger partial charge in [0.1, 0.15) is 0 Å². The van der Waals surface area contributed by atoms with Gasteiger partial charge in [-0.15, -0.1) is 12.4 Å². The molecule has 118 valence electrons. The van der Waals surface area contributed by atoms with Crippen LogP contribution in [-0.2, 0) is 4.79 Å². The molecule has 2 aliphatic carbocycles. The van der Waals surface area contributed by atoms with Gasteiger partial charge in [0.25, 0.3) is 0 Å². The molecule has 0 saturated heterocycles. The fourth-order valence-electron chi connectivity index (χ4n) is 4.12. The smallest absolute Gasteiger partial charge is 0.240 e. The highest BCUT2D eigenvalue weighted by Crippen LogP contribution is 2.42. The van der Waals surface area contributed by atoms with Crippen molar-refractivity contribution in [3.05, 3.63) is 0 Å². The third-order valence-corrected chi connectivity index (χ3v) is 5.08. The Hall–Kier alpha value is -0.280. The third kappa shape index (κ3) is 4.11. The standard InChI is InChI=1S/C16H30N2O.ClH/c1-13(2)11-15(7-3-4-8-15)12-18-14(19)16(17)9-5-6-10-16;/h13H,3-12,17H2,1-2H3,(H,18,19);1H. The Morgan fingerprint density at radius 3 is 2.10 bits per heavy atom. The van der Waals surface area contributed by atoms with Crippen molar-refractivity contribution in [2.75, 3.05) is 6.54 Å². The monoisotopic (exact) mass is 302 g/mol. The molecular weight excluding hydrogens is 272 g/mol. The van der Waals surface area contributed by atoms with Gasteiger partial charge >= 0.3 is 0 Å². The van der Waals surface area contributed by atoms with E-state index in [1.807, 2.05) is 0 Å². The second kappa shape index (κ2) is 7.13. The van der Waals surface area contributed by atoms with Crippen LogP contribution in [0.15, 0.2) is 0 Å². The third-order valence-electron chi connectivity index (χ3n) is 5.08. The minimum Gasteiger partial charge on any atom is -0.354 e. The Balaban J connectivity index is 0.00000200. The zero-order valence-electron chi connectivity index (χ0n) is 13.0. The summed E-state index contributed by atoms with van der Waals surface area (Å²) in [5.41, 5.74) is 5.99. The van der Waals surface area contributed by atoms with Crippen LogP contribution >= 0.6 is 12.4 Å². The summed E-state index contributed by atoms with van der Waals surface area (Å²) in [5.74, 6) is 0.799. The van der Waals surface area contributed by atoms with E-state index < -0.39 is 5.54 Å². The van der Waals surface area contributed by atoms with E-state index in [0.29, 0.717) is 11.3 Å². The number of carbonyl (C=O) groups is 1. The van der Waals surface area contributed by atoms with Crippen molar-refractivity contribution < 1.29 is 4.79 Å². The van der Waals surface area contributed by atoms with Crippen molar-refractivity contribution >= 4 is 18.3 Å². The van der Waals surface area contributed by atoms with Gasteiger partial charge in [0, 0.05) is 6.54 Å². The summed E-state index contributed by atoms with van der Waals surface area (Å²) in [6, 6.07) is 0. The molecule has 0 aromatic carbocycles. The number of hydrogen-bond donors (Lipinski definition) is 2. The number of nitrogens with one attached hydrogen (secondary N) is 1. The molecule has 3 nitrogen and oxygen atoms in total. The van der Waals surface area contributed by atoms with E-state index in [1.54, 1.807) is 0 Å². The molecule has 0 aromatic rings. The van der Waals surface area contributed by atoms with Crippen LogP contribution in [0, 0.1) is 11.3 Å². The topological polar surface area (TPSA) is 55.1 Å². The molecule has 0 bridgehead atoms. The summed E-state index contributed by atoms with van der Waals surface area (Å²) in [5, 5.41) is 3.19. The van der Waals surface area contributed by atoms with Gasteiger partial charge in [0.15, 0.2) is 0 Å². The molecule has 20 heavy (non-hydrogen) atoms. The van der Waals surface area contributed by atoms with Crippen molar-refractivity contribution in [2.45, 2.75) is 77.2 Å². The summed E-state index contributed by atoms with van der Waals surface area (Å²) >= 11 is 0. The number of nitrogens with two attached hydrogens (primary N) is 1. The fraction of sp³-hybridized carbons (Fsp3) is 0.938. The van der Waals surface area contributed by atoms with Crippen molar-refractivity contribution in [3.8, 4) is 0 Å². The molecule has 2 saturated carbocycles. The Bertz CT molecular complexity index is 318. The van der Waals surface area contributed by atoms with Crippen LogP contribution in [-0.4, -0.2) is 18.0 Å². The second-order valence-electron chi connectivity index (χ2n) is 7.35. The predicted molar refractivity (Wildman–Crippen MR) is 86.0 cm³/mol. The maximum Gasteiger partial charge on any atom is 0.240 e. The summed E-state index contributed by atoms with van der Waals surface area (Å²) < 4.78 is 0. The summed E-state index contributed by atoms with van der Waals surface area (Å²) in [6.07, 6.45) is 10.3. The molecule has 3 N–H and O–H groups in total. The van der Waals surface area contributed by atoms with Crippen LogP contribution in [0.4, 0.5) is 0 Å². The molecule has 0 atom stereocenters. The lowest BCUT2D eigenvalue weighted by Crippen LogP contribution is -2.53. The van der Waals surface area contributed by atoms with Gasteiger partial charge < -0.3 is 11.1 Å². The molecule has 2 rings (SSSR count). The summed E-state index contributed by atoms with van der Waals surface area (Å²) in [4.78, 5) is 12.3. The van der Waals surface area contributed by atoms with Crippen LogP contribution in [0.5, 0.6) is 0 Å². The van der Waals surface area contributed by atoms with E-state index in [4.69, 9.17) is 5.73 Å². The minimum atomic E-state index is -0.572. The maximum atomic E-state index is 12.3. The van der Waals surface area contributed by atoms with E-state index in [1.165, 1.54) is 32.1 Å². The van der Waals surface area contributed by atoms with Crippen molar-refractivity contribution in [1.29, 1.82) is 0 Å². The highest BCUT2D eigenvalue weighted by Gasteiger charge is 2.39. The minimum absolute atomic E-state index is 0. The zero-order chi connectivity index (χ0) is 13.9. The number of rotatable bonds is 5. The van der Waals surface area contributed by atoms with Gasteiger partial charge in [0.05, 0.1) is 5.54 Å². The Kier molecular flexibility index (Phi) is 6.33. The van der Waals surface area contributed by atoms with Crippen LogP contribution in [0.3, 0.4) is 0 Å². The lowest BCUT2D eigenvalue weighted by molar-refractivity contribution is -0.126. The second-order valence-corrected chi connectivity index (χ2v) is 7.35. The van der Waals surface area contributed by atoms with Crippen molar-refractivity contribution in [2.24, 2.45) is 17.1 Å². The van der Waals surface area contributed by atoms with E-state index in [0.717, 1.165) is 32.2 Å². The van der Waals surface area contributed by atoms with Gasteiger partial charge in [-0.2, -0.15) is 0 Å². The normalized spacial score (nSPS) is 23.6.